The second kappa shape index (κ2) is 8.21. The van der Waals surface area contributed by atoms with Crippen molar-refractivity contribution >= 4 is 15.9 Å². The Labute approximate surface area is 172 Å². The highest BCUT2D eigenvalue weighted by atomic mass is 79.9. The molecule has 0 spiro atoms. The molecule has 0 aromatic heterocycles. The second-order valence-corrected chi connectivity index (χ2v) is 12.0. The molecule has 0 saturated carbocycles. The van der Waals surface area contributed by atoms with Gasteiger partial charge in [-0.1, -0.05) is 116 Å². The summed E-state index contributed by atoms with van der Waals surface area (Å²) in [6.07, 6.45) is 6.82. The van der Waals surface area contributed by atoms with Crippen LogP contribution in [0.5, 0.6) is 0 Å². The maximum absolute atomic E-state index is 3.48. The molecule has 0 nitrogen and oxygen atoms in total. The molecule has 0 N–H and O–H groups in total. The highest BCUT2D eigenvalue weighted by Crippen LogP contribution is 2.41. The smallest absolute Gasteiger partial charge is 0.0212 e. The highest BCUT2D eigenvalue weighted by molar-refractivity contribution is 9.09. The molecule has 0 bridgehead atoms. The van der Waals surface area contributed by atoms with Crippen LogP contribution in [0.1, 0.15) is 98.8 Å². The van der Waals surface area contributed by atoms with Crippen LogP contribution in [-0.2, 0) is 16.2 Å². The Balaban J connectivity index is 3.32. The summed E-state index contributed by atoms with van der Waals surface area (Å²) in [5.41, 5.74) is 5.14. The van der Waals surface area contributed by atoms with E-state index in [1.54, 1.807) is 0 Å². The Hall–Kier alpha value is -0.560. The van der Waals surface area contributed by atoms with Gasteiger partial charge in [-0.05, 0) is 51.2 Å². The first-order valence-electron chi connectivity index (χ1n) is 9.96. The van der Waals surface area contributed by atoms with Gasteiger partial charge >= 0.3 is 0 Å². The number of hydrogen-bond donors (Lipinski definition) is 0. The van der Waals surface area contributed by atoms with Gasteiger partial charge in [-0.3, -0.25) is 0 Å². The molecule has 0 saturated heterocycles. The van der Waals surface area contributed by atoms with E-state index in [0.717, 1.165) is 11.8 Å². The van der Waals surface area contributed by atoms with E-state index < -0.39 is 0 Å². The maximum Gasteiger partial charge on any atom is 0.0212 e. The van der Waals surface area contributed by atoms with E-state index in [4.69, 9.17) is 0 Å². The molecule has 1 rings (SSSR count). The van der Waals surface area contributed by atoms with Gasteiger partial charge in [-0.25, -0.2) is 0 Å². The van der Waals surface area contributed by atoms with E-state index in [2.05, 4.69) is 116 Å². The van der Waals surface area contributed by atoms with Gasteiger partial charge in [0.05, 0.1) is 0 Å². The quantitative estimate of drug-likeness (QED) is 0.320. The van der Waals surface area contributed by atoms with Gasteiger partial charge in [0.2, 0.25) is 0 Å². The summed E-state index contributed by atoms with van der Waals surface area (Å²) in [6, 6.07) is 7.34. The van der Waals surface area contributed by atoms with Crippen molar-refractivity contribution in [3.8, 4) is 0 Å². The van der Waals surface area contributed by atoms with Crippen LogP contribution in [0.4, 0.5) is 0 Å². The van der Waals surface area contributed by atoms with Crippen LogP contribution in [0.25, 0.3) is 0 Å². The molecule has 1 aromatic carbocycles. The second-order valence-electron chi connectivity index (χ2n) is 11.4. The minimum atomic E-state index is 0.146. The van der Waals surface area contributed by atoms with Crippen molar-refractivity contribution < 1.29 is 0 Å². The van der Waals surface area contributed by atoms with Crippen LogP contribution in [0.2, 0.25) is 0 Å². The number of allylic oxidation sites excluding steroid dienone is 2. The van der Waals surface area contributed by atoms with Crippen LogP contribution in [0.3, 0.4) is 0 Å². The number of halogens is 1. The molecular formula is C25H41Br. The molecule has 26 heavy (non-hydrogen) atoms. The zero-order valence-electron chi connectivity index (χ0n) is 18.9. The first kappa shape index (κ1) is 23.5. The first-order chi connectivity index (χ1) is 11.6. The molecule has 0 atom stereocenters. The fraction of sp³-hybridized carbons (Fsp3) is 0.680. The summed E-state index contributed by atoms with van der Waals surface area (Å²) in [6.45, 7) is 23.5. The molecule has 1 heteroatoms. The first-order valence-corrected chi connectivity index (χ1v) is 11.1. The Morgan fingerprint density at radius 2 is 1.12 bits per heavy atom. The van der Waals surface area contributed by atoms with Crippen molar-refractivity contribution in [3.63, 3.8) is 0 Å². The van der Waals surface area contributed by atoms with Crippen molar-refractivity contribution in [2.24, 2.45) is 5.41 Å². The predicted octanol–water partition coefficient (Wildman–Crippen LogP) is 8.32. The highest BCUT2D eigenvalue weighted by Gasteiger charge is 2.31. The van der Waals surface area contributed by atoms with Gasteiger partial charge < -0.3 is 0 Å². The van der Waals surface area contributed by atoms with Crippen molar-refractivity contribution in [1.82, 2.24) is 0 Å². The number of benzene rings is 1. The summed E-state index contributed by atoms with van der Waals surface area (Å²) in [5, 5.41) is 0.940. The molecule has 0 heterocycles. The topological polar surface area (TPSA) is 0 Å². The van der Waals surface area contributed by atoms with Crippen molar-refractivity contribution in [2.45, 2.75) is 98.3 Å². The van der Waals surface area contributed by atoms with Crippen molar-refractivity contribution in [3.05, 3.63) is 47.0 Å². The normalized spacial score (nSPS) is 14.3. The molecule has 0 aliphatic rings. The van der Waals surface area contributed by atoms with Gasteiger partial charge in [0.1, 0.15) is 0 Å². The SMILES string of the molecule is CC(C)(CC=CCBr)CC(C)(C)c1cc(C(C)(C)C)cc(C(C)(C)C)c1. The van der Waals surface area contributed by atoms with Gasteiger partial charge in [-0.2, -0.15) is 0 Å². The molecule has 0 amide bonds. The van der Waals surface area contributed by atoms with Crippen LogP contribution in [0, 0.1) is 5.41 Å². The fourth-order valence-corrected chi connectivity index (χ4v) is 3.98. The minimum Gasteiger partial charge on any atom is -0.0883 e. The Bertz CT molecular complexity index is 586. The van der Waals surface area contributed by atoms with Crippen molar-refractivity contribution in [1.29, 1.82) is 0 Å². The molecule has 1 aromatic rings. The minimum absolute atomic E-state index is 0.146. The van der Waals surface area contributed by atoms with Crippen LogP contribution in [-0.4, -0.2) is 5.33 Å². The number of hydrogen-bond acceptors (Lipinski definition) is 0. The van der Waals surface area contributed by atoms with E-state index in [1.165, 1.54) is 23.1 Å². The molecule has 148 valence electrons. The predicted molar refractivity (Wildman–Crippen MR) is 123 cm³/mol. The lowest BCUT2D eigenvalue weighted by Gasteiger charge is -2.37. The third-order valence-corrected chi connectivity index (χ3v) is 5.67. The zero-order valence-corrected chi connectivity index (χ0v) is 20.5. The summed E-state index contributed by atoms with van der Waals surface area (Å²) >= 11 is 3.48. The fourth-order valence-electron chi connectivity index (χ4n) is 3.72. The van der Waals surface area contributed by atoms with Crippen molar-refractivity contribution in [2.75, 3.05) is 5.33 Å². The maximum atomic E-state index is 3.48. The monoisotopic (exact) mass is 420 g/mol. The van der Waals surface area contributed by atoms with E-state index in [9.17, 15) is 0 Å². The third-order valence-electron chi connectivity index (χ3n) is 5.29. The Kier molecular flexibility index (Phi) is 7.41. The average molecular weight is 422 g/mol. The van der Waals surface area contributed by atoms with E-state index in [0.29, 0.717) is 0 Å². The lowest BCUT2D eigenvalue weighted by molar-refractivity contribution is 0.259. The van der Waals surface area contributed by atoms with E-state index >= 15 is 0 Å². The van der Waals surface area contributed by atoms with E-state index in [1.807, 2.05) is 0 Å². The van der Waals surface area contributed by atoms with E-state index in [-0.39, 0.29) is 21.7 Å². The lowest BCUT2D eigenvalue weighted by atomic mass is 9.68. The summed E-state index contributed by atoms with van der Waals surface area (Å²) < 4.78 is 0. The third kappa shape index (κ3) is 6.87. The lowest BCUT2D eigenvalue weighted by Crippen LogP contribution is -2.28. The molecule has 0 fully saturated rings. The molecule has 0 radical (unpaired) electrons. The van der Waals surface area contributed by atoms with Gasteiger partial charge in [0, 0.05) is 5.33 Å². The number of alkyl halides is 1. The Morgan fingerprint density at radius 3 is 1.50 bits per heavy atom. The Morgan fingerprint density at radius 1 is 0.692 bits per heavy atom. The van der Waals surface area contributed by atoms with Gasteiger partial charge in [0.15, 0.2) is 0 Å². The molecular weight excluding hydrogens is 380 g/mol. The summed E-state index contributed by atoms with van der Waals surface area (Å²) in [7, 11) is 0. The van der Waals surface area contributed by atoms with Gasteiger partial charge in [0.25, 0.3) is 0 Å². The molecule has 0 aliphatic heterocycles. The number of rotatable bonds is 6. The molecule has 0 aliphatic carbocycles. The summed E-state index contributed by atoms with van der Waals surface area (Å²) in [4.78, 5) is 0. The van der Waals surface area contributed by atoms with Crippen LogP contribution >= 0.6 is 15.9 Å². The van der Waals surface area contributed by atoms with Gasteiger partial charge in [-0.15, -0.1) is 0 Å². The van der Waals surface area contributed by atoms with Crippen LogP contribution < -0.4 is 0 Å². The van der Waals surface area contributed by atoms with Crippen LogP contribution in [0.15, 0.2) is 30.4 Å². The molecule has 0 unspecified atom stereocenters. The standard InChI is InChI=1S/C25H41Br/c1-22(2,3)19-15-20(23(4,5)6)17-21(16-19)25(9,10)18-24(7,8)13-11-12-14-26/h11-12,15-17H,13-14,18H2,1-10H3. The summed E-state index contributed by atoms with van der Waals surface area (Å²) in [5.74, 6) is 0. The average Bonchev–Trinajstić information content (AvgIpc) is 2.44. The zero-order chi connectivity index (χ0) is 20.4. The largest absolute Gasteiger partial charge is 0.0883 e.